The van der Waals surface area contributed by atoms with Gasteiger partial charge in [0.2, 0.25) is 0 Å². The standard InChI is InChI=1S/C20H23NO4/c1-2-23-19(22)20-24-13-17(14-25-20)21-18(15-9-5-3-6-10-15)16-11-7-4-8-12-16/h3-12,17-18,20-21H,2,13-14H2,1H3/t17-,20+. The van der Waals surface area contributed by atoms with Gasteiger partial charge in [-0.1, -0.05) is 60.7 Å². The molecule has 0 aromatic heterocycles. The van der Waals surface area contributed by atoms with Gasteiger partial charge in [0, 0.05) is 0 Å². The first-order valence-electron chi connectivity index (χ1n) is 8.53. The minimum Gasteiger partial charge on any atom is -0.462 e. The average Bonchev–Trinajstić information content (AvgIpc) is 2.68. The summed E-state index contributed by atoms with van der Waals surface area (Å²) in [6.07, 6.45) is -0.926. The highest BCUT2D eigenvalue weighted by Gasteiger charge is 2.30. The van der Waals surface area contributed by atoms with Gasteiger partial charge in [-0.25, -0.2) is 4.79 Å². The van der Waals surface area contributed by atoms with Crippen LogP contribution in [0.5, 0.6) is 0 Å². The molecule has 1 fully saturated rings. The number of ether oxygens (including phenoxy) is 3. The van der Waals surface area contributed by atoms with Crippen LogP contribution in [0.1, 0.15) is 24.1 Å². The van der Waals surface area contributed by atoms with E-state index in [1.807, 2.05) is 36.4 Å². The summed E-state index contributed by atoms with van der Waals surface area (Å²) in [5.41, 5.74) is 2.34. The van der Waals surface area contributed by atoms with Gasteiger partial charge >= 0.3 is 5.97 Å². The Bertz CT molecular complexity index is 614. The number of carbonyl (C=O) groups is 1. The fraction of sp³-hybridized carbons (Fsp3) is 0.350. The molecule has 2 aromatic carbocycles. The molecule has 1 heterocycles. The monoisotopic (exact) mass is 341 g/mol. The molecule has 1 saturated heterocycles. The maximum absolute atomic E-state index is 11.7. The number of hydrogen-bond donors (Lipinski definition) is 1. The first kappa shape index (κ1) is 17.6. The van der Waals surface area contributed by atoms with Crippen LogP contribution >= 0.6 is 0 Å². The predicted molar refractivity (Wildman–Crippen MR) is 94.0 cm³/mol. The highest BCUT2D eigenvalue weighted by atomic mass is 16.7. The Morgan fingerprint density at radius 3 is 2.04 bits per heavy atom. The van der Waals surface area contributed by atoms with Crippen molar-refractivity contribution in [2.75, 3.05) is 19.8 Å². The third-order valence-electron chi connectivity index (χ3n) is 4.04. The lowest BCUT2D eigenvalue weighted by atomic mass is 9.98. The van der Waals surface area contributed by atoms with Crippen molar-refractivity contribution in [1.29, 1.82) is 0 Å². The SMILES string of the molecule is CCOC(=O)[C@H]1OC[C@@H](NC(c2ccccc2)c2ccccc2)CO1. The van der Waals surface area contributed by atoms with Crippen LogP contribution in [-0.4, -0.2) is 38.1 Å². The highest BCUT2D eigenvalue weighted by molar-refractivity contribution is 5.73. The lowest BCUT2D eigenvalue weighted by molar-refractivity contribution is -0.215. The van der Waals surface area contributed by atoms with Gasteiger partial charge in [-0.3, -0.25) is 5.32 Å². The second-order valence-electron chi connectivity index (χ2n) is 5.87. The van der Waals surface area contributed by atoms with Crippen LogP contribution in [0.25, 0.3) is 0 Å². The third-order valence-corrected chi connectivity index (χ3v) is 4.04. The van der Waals surface area contributed by atoms with E-state index in [0.29, 0.717) is 19.8 Å². The topological polar surface area (TPSA) is 56.8 Å². The molecule has 0 aliphatic carbocycles. The quantitative estimate of drug-likeness (QED) is 0.819. The molecule has 0 atom stereocenters. The lowest BCUT2D eigenvalue weighted by Gasteiger charge is -2.32. The number of hydrogen-bond acceptors (Lipinski definition) is 5. The molecule has 1 aliphatic rings. The summed E-state index contributed by atoms with van der Waals surface area (Å²) in [6.45, 7) is 2.85. The minimum absolute atomic E-state index is 0.0175. The number of esters is 1. The molecule has 0 unspecified atom stereocenters. The fourth-order valence-corrected chi connectivity index (χ4v) is 2.86. The van der Waals surface area contributed by atoms with Gasteiger partial charge in [-0.2, -0.15) is 0 Å². The summed E-state index contributed by atoms with van der Waals surface area (Å²) >= 11 is 0. The molecule has 0 saturated carbocycles. The lowest BCUT2D eigenvalue weighted by Crippen LogP contribution is -2.48. The maximum Gasteiger partial charge on any atom is 0.363 e. The smallest absolute Gasteiger partial charge is 0.363 e. The summed E-state index contributed by atoms with van der Waals surface area (Å²) < 4.78 is 16.0. The Kier molecular flexibility index (Phi) is 6.17. The predicted octanol–water partition coefficient (Wildman–Crippen LogP) is 2.67. The number of nitrogens with one attached hydrogen (secondary N) is 1. The van der Waals surface area contributed by atoms with E-state index in [1.54, 1.807) is 6.92 Å². The van der Waals surface area contributed by atoms with Crippen molar-refractivity contribution in [2.24, 2.45) is 0 Å². The Labute approximate surface area is 147 Å². The molecule has 2 aromatic rings. The number of rotatable bonds is 6. The van der Waals surface area contributed by atoms with Crippen molar-refractivity contribution in [2.45, 2.75) is 25.3 Å². The Hall–Kier alpha value is -2.21. The Balaban J connectivity index is 1.67. The van der Waals surface area contributed by atoms with Crippen LogP contribution in [0.15, 0.2) is 60.7 Å². The van der Waals surface area contributed by atoms with Gasteiger partial charge in [0.15, 0.2) is 0 Å². The summed E-state index contributed by atoms with van der Waals surface area (Å²) in [7, 11) is 0. The number of benzene rings is 2. The Morgan fingerprint density at radius 2 is 1.56 bits per heavy atom. The summed E-state index contributed by atoms with van der Waals surface area (Å²) in [6, 6.07) is 20.5. The van der Waals surface area contributed by atoms with E-state index in [0.717, 1.165) is 0 Å². The summed E-state index contributed by atoms with van der Waals surface area (Å²) in [5.74, 6) is -0.469. The molecule has 0 bridgehead atoms. The molecule has 132 valence electrons. The van der Waals surface area contributed by atoms with Crippen LogP contribution in [-0.2, 0) is 19.0 Å². The van der Waals surface area contributed by atoms with Crippen LogP contribution in [0.2, 0.25) is 0 Å². The fourth-order valence-electron chi connectivity index (χ4n) is 2.86. The minimum atomic E-state index is -0.926. The molecule has 0 amide bonds. The van der Waals surface area contributed by atoms with Gasteiger partial charge in [0.1, 0.15) is 0 Å². The molecule has 1 aliphatic heterocycles. The molecule has 5 heteroatoms. The van der Waals surface area contributed by atoms with Gasteiger partial charge in [0.25, 0.3) is 6.29 Å². The van der Waals surface area contributed by atoms with E-state index in [-0.39, 0.29) is 12.1 Å². The third kappa shape index (κ3) is 4.66. The number of carbonyl (C=O) groups excluding carboxylic acids is 1. The van der Waals surface area contributed by atoms with Crippen molar-refractivity contribution in [3.63, 3.8) is 0 Å². The van der Waals surface area contributed by atoms with Crippen LogP contribution in [0.3, 0.4) is 0 Å². The largest absolute Gasteiger partial charge is 0.462 e. The zero-order chi connectivity index (χ0) is 17.5. The normalized spacial score (nSPS) is 20.4. The molecular formula is C20H23NO4. The molecular weight excluding hydrogens is 318 g/mol. The van der Waals surface area contributed by atoms with E-state index in [2.05, 4.69) is 29.6 Å². The van der Waals surface area contributed by atoms with Crippen molar-refractivity contribution in [1.82, 2.24) is 5.32 Å². The van der Waals surface area contributed by atoms with Gasteiger partial charge in [0.05, 0.1) is 31.9 Å². The zero-order valence-corrected chi connectivity index (χ0v) is 14.3. The summed E-state index contributed by atoms with van der Waals surface area (Å²) in [5, 5.41) is 3.58. The molecule has 25 heavy (non-hydrogen) atoms. The van der Waals surface area contributed by atoms with Crippen molar-refractivity contribution >= 4 is 5.97 Å². The van der Waals surface area contributed by atoms with Crippen LogP contribution in [0.4, 0.5) is 0 Å². The second kappa shape index (κ2) is 8.76. The Morgan fingerprint density at radius 1 is 1.04 bits per heavy atom. The molecule has 1 N–H and O–H groups in total. The van der Waals surface area contributed by atoms with Gasteiger partial charge < -0.3 is 14.2 Å². The van der Waals surface area contributed by atoms with E-state index >= 15 is 0 Å². The molecule has 5 nitrogen and oxygen atoms in total. The van der Waals surface area contributed by atoms with Crippen LogP contribution < -0.4 is 5.32 Å². The zero-order valence-electron chi connectivity index (χ0n) is 14.3. The molecule has 0 radical (unpaired) electrons. The van der Waals surface area contributed by atoms with E-state index in [9.17, 15) is 4.79 Å². The van der Waals surface area contributed by atoms with Gasteiger partial charge in [-0.05, 0) is 18.1 Å². The van der Waals surface area contributed by atoms with E-state index < -0.39 is 12.3 Å². The summed E-state index contributed by atoms with van der Waals surface area (Å²) in [4.78, 5) is 11.7. The maximum atomic E-state index is 11.7. The second-order valence-corrected chi connectivity index (χ2v) is 5.87. The first-order valence-corrected chi connectivity index (χ1v) is 8.53. The average molecular weight is 341 g/mol. The molecule has 0 spiro atoms. The highest BCUT2D eigenvalue weighted by Crippen LogP contribution is 2.23. The van der Waals surface area contributed by atoms with Crippen molar-refractivity contribution < 1.29 is 19.0 Å². The van der Waals surface area contributed by atoms with E-state index in [1.165, 1.54) is 11.1 Å². The van der Waals surface area contributed by atoms with Crippen molar-refractivity contribution in [3.05, 3.63) is 71.8 Å². The first-order chi connectivity index (χ1) is 12.3. The van der Waals surface area contributed by atoms with Crippen LogP contribution in [0, 0.1) is 0 Å². The molecule has 3 rings (SSSR count). The van der Waals surface area contributed by atoms with Gasteiger partial charge in [-0.15, -0.1) is 0 Å². The van der Waals surface area contributed by atoms with E-state index in [4.69, 9.17) is 14.2 Å². The van der Waals surface area contributed by atoms with Crippen molar-refractivity contribution in [3.8, 4) is 0 Å².